The molecule has 1 fully saturated rings. The van der Waals surface area contributed by atoms with Gasteiger partial charge in [0.1, 0.15) is 0 Å². The maximum atomic E-state index is 12.4. The zero-order valence-corrected chi connectivity index (χ0v) is 19.0. The molecular weight excluding hydrogens is 447 g/mol. The number of benzene rings is 1. The monoisotopic (exact) mass is 468 g/mol. The highest BCUT2D eigenvalue weighted by Crippen LogP contribution is 2.35. The normalized spacial score (nSPS) is 13.0. The van der Waals surface area contributed by atoms with Gasteiger partial charge in [-0.1, -0.05) is 29.3 Å². The van der Waals surface area contributed by atoms with Crippen LogP contribution in [0.15, 0.2) is 55.0 Å². The molecule has 6 nitrogen and oxygen atoms in total. The molecule has 0 unspecified atom stereocenters. The van der Waals surface area contributed by atoms with Crippen molar-refractivity contribution in [1.29, 1.82) is 0 Å². The van der Waals surface area contributed by atoms with Crippen LogP contribution < -0.4 is 10.2 Å². The summed E-state index contributed by atoms with van der Waals surface area (Å²) in [4.78, 5) is 34.7. The first-order chi connectivity index (χ1) is 15.4. The number of anilines is 1. The molecule has 1 aromatic carbocycles. The number of rotatable bonds is 7. The van der Waals surface area contributed by atoms with Crippen molar-refractivity contribution in [2.45, 2.75) is 26.3 Å². The van der Waals surface area contributed by atoms with Crippen molar-refractivity contribution in [1.82, 2.24) is 15.3 Å². The topological polar surface area (TPSA) is 75.2 Å². The van der Waals surface area contributed by atoms with Crippen LogP contribution in [-0.4, -0.2) is 28.3 Å². The maximum absolute atomic E-state index is 12.4. The average Bonchev–Trinajstić information content (AvgIpc) is 3.60. The Bertz CT molecular complexity index is 1150. The SMILES string of the molecule is CC(=O)N(CC1CC1)c1ccc(-c2ccc(C(=O)NCc3cncc(Cl)c3)cn2)cc1Cl. The van der Waals surface area contributed by atoms with Gasteiger partial charge < -0.3 is 10.2 Å². The van der Waals surface area contributed by atoms with Crippen molar-refractivity contribution in [3.05, 3.63) is 76.2 Å². The van der Waals surface area contributed by atoms with Crippen molar-refractivity contribution < 1.29 is 9.59 Å². The summed E-state index contributed by atoms with van der Waals surface area (Å²) in [6.07, 6.45) is 7.02. The molecule has 0 atom stereocenters. The Kier molecular flexibility index (Phi) is 6.72. The van der Waals surface area contributed by atoms with Crippen LogP contribution in [0.3, 0.4) is 0 Å². The molecule has 4 rings (SSSR count). The van der Waals surface area contributed by atoms with Crippen molar-refractivity contribution >= 4 is 40.7 Å². The average molecular weight is 469 g/mol. The molecule has 0 saturated heterocycles. The number of carbonyl (C=O) groups is 2. The molecule has 32 heavy (non-hydrogen) atoms. The van der Waals surface area contributed by atoms with E-state index in [0.717, 1.165) is 24.0 Å². The third-order valence-corrected chi connectivity index (χ3v) is 5.80. The molecule has 1 N–H and O–H groups in total. The summed E-state index contributed by atoms with van der Waals surface area (Å²) in [7, 11) is 0. The molecule has 8 heteroatoms. The minimum atomic E-state index is -0.241. The fraction of sp³-hybridized carbons (Fsp3) is 0.250. The molecular formula is C24H22Cl2N4O2. The quantitative estimate of drug-likeness (QED) is 0.520. The molecule has 0 spiro atoms. The number of halogens is 2. The number of hydrogen-bond acceptors (Lipinski definition) is 4. The zero-order valence-electron chi connectivity index (χ0n) is 17.5. The molecule has 3 aromatic rings. The van der Waals surface area contributed by atoms with Crippen LogP contribution in [0.4, 0.5) is 5.69 Å². The molecule has 1 aliphatic rings. The van der Waals surface area contributed by atoms with E-state index in [4.69, 9.17) is 23.2 Å². The van der Waals surface area contributed by atoms with E-state index in [0.29, 0.717) is 46.0 Å². The standard InChI is InChI=1S/C24H22Cl2N4O2/c1-15(31)30(14-16-2-3-16)23-7-5-18(9-21(23)26)22-6-4-19(12-28-22)24(32)29-11-17-8-20(25)13-27-10-17/h4-10,12-13,16H,2-3,11,14H2,1H3,(H,29,32). The summed E-state index contributed by atoms with van der Waals surface area (Å²) >= 11 is 12.4. The number of pyridine rings is 2. The van der Waals surface area contributed by atoms with Gasteiger partial charge in [0.25, 0.3) is 5.91 Å². The smallest absolute Gasteiger partial charge is 0.253 e. The van der Waals surface area contributed by atoms with E-state index in [1.54, 1.807) is 48.5 Å². The van der Waals surface area contributed by atoms with Crippen molar-refractivity contribution in [3.8, 4) is 11.3 Å². The summed E-state index contributed by atoms with van der Waals surface area (Å²) in [5, 5.41) is 3.84. The van der Waals surface area contributed by atoms with E-state index in [-0.39, 0.29) is 11.8 Å². The van der Waals surface area contributed by atoms with Crippen LogP contribution >= 0.6 is 23.2 Å². The number of carbonyl (C=O) groups excluding carboxylic acids is 2. The van der Waals surface area contributed by atoms with Crippen molar-refractivity contribution in [3.63, 3.8) is 0 Å². The Morgan fingerprint density at radius 3 is 2.53 bits per heavy atom. The first-order valence-corrected chi connectivity index (χ1v) is 11.1. The van der Waals surface area contributed by atoms with Gasteiger partial charge in [0.15, 0.2) is 0 Å². The first-order valence-electron chi connectivity index (χ1n) is 10.3. The first kappa shape index (κ1) is 22.2. The lowest BCUT2D eigenvalue weighted by Gasteiger charge is -2.22. The Balaban J connectivity index is 1.44. The summed E-state index contributed by atoms with van der Waals surface area (Å²) in [6, 6.07) is 10.8. The molecule has 164 valence electrons. The Hall–Kier alpha value is -2.96. The molecule has 1 saturated carbocycles. The van der Waals surface area contributed by atoms with E-state index in [2.05, 4.69) is 15.3 Å². The van der Waals surface area contributed by atoms with Crippen LogP contribution in [0, 0.1) is 5.92 Å². The van der Waals surface area contributed by atoms with Crippen LogP contribution in [0.5, 0.6) is 0 Å². The van der Waals surface area contributed by atoms with E-state index in [1.165, 1.54) is 6.20 Å². The van der Waals surface area contributed by atoms with Gasteiger partial charge in [0, 0.05) is 44.2 Å². The summed E-state index contributed by atoms with van der Waals surface area (Å²) in [6.45, 7) is 2.57. The number of nitrogens with one attached hydrogen (secondary N) is 1. The van der Waals surface area contributed by atoms with Crippen LogP contribution in [0.2, 0.25) is 10.0 Å². The highest BCUT2D eigenvalue weighted by Gasteiger charge is 2.27. The van der Waals surface area contributed by atoms with Crippen LogP contribution in [0.1, 0.15) is 35.7 Å². The summed E-state index contributed by atoms with van der Waals surface area (Å²) < 4.78 is 0. The van der Waals surface area contributed by atoms with Gasteiger partial charge in [-0.2, -0.15) is 0 Å². The highest BCUT2D eigenvalue weighted by molar-refractivity contribution is 6.34. The van der Waals surface area contributed by atoms with E-state index >= 15 is 0 Å². The number of hydrogen-bond donors (Lipinski definition) is 1. The zero-order chi connectivity index (χ0) is 22.7. The minimum absolute atomic E-state index is 0.0198. The van der Waals surface area contributed by atoms with Gasteiger partial charge in [-0.05, 0) is 54.7 Å². The lowest BCUT2D eigenvalue weighted by molar-refractivity contribution is -0.116. The largest absolute Gasteiger partial charge is 0.348 e. The van der Waals surface area contributed by atoms with Gasteiger partial charge in [-0.3, -0.25) is 19.6 Å². The fourth-order valence-corrected chi connectivity index (χ4v) is 3.86. The second-order valence-electron chi connectivity index (χ2n) is 7.87. The minimum Gasteiger partial charge on any atom is -0.348 e. The number of amides is 2. The molecule has 1 aliphatic carbocycles. The van der Waals surface area contributed by atoms with Crippen LogP contribution in [0.25, 0.3) is 11.3 Å². The molecule has 2 heterocycles. The van der Waals surface area contributed by atoms with Gasteiger partial charge in [-0.25, -0.2) is 0 Å². The van der Waals surface area contributed by atoms with Gasteiger partial charge in [0.05, 0.1) is 27.0 Å². The maximum Gasteiger partial charge on any atom is 0.253 e. The summed E-state index contributed by atoms with van der Waals surface area (Å²) in [5.74, 6) is 0.299. The van der Waals surface area contributed by atoms with Crippen molar-refractivity contribution in [2.75, 3.05) is 11.4 Å². The van der Waals surface area contributed by atoms with Gasteiger partial charge >= 0.3 is 0 Å². The molecule has 0 aliphatic heterocycles. The second kappa shape index (κ2) is 9.67. The highest BCUT2D eigenvalue weighted by atomic mass is 35.5. The molecule has 2 amide bonds. The Morgan fingerprint density at radius 1 is 1.09 bits per heavy atom. The summed E-state index contributed by atoms with van der Waals surface area (Å²) in [5.41, 5.74) is 3.46. The third-order valence-electron chi connectivity index (χ3n) is 5.29. The van der Waals surface area contributed by atoms with Gasteiger partial charge in [-0.15, -0.1) is 0 Å². The fourth-order valence-electron chi connectivity index (χ4n) is 3.38. The third kappa shape index (κ3) is 5.44. The predicted molar refractivity (Wildman–Crippen MR) is 126 cm³/mol. The van der Waals surface area contributed by atoms with E-state index < -0.39 is 0 Å². The van der Waals surface area contributed by atoms with Crippen molar-refractivity contribution in [2.24, 2.45) is 5.92 Å². The predicted octanol–water partition coefficient (Wildman–Crippen LogP) is 5.14. The lowest BCUT2D eigenvalue weighted by Crippen LogP contribution is -2.30. The number of aromatic nitrogens is 2. The van der Waals surface area contributed by atoms with E-state index in [9.17, 15) is 9.59 Å². The molecule has 0 radical (unpaired) electrons. The Morgan fingerprint density at radius 2 is 1.91 bits per heavy atom. The lowest BCUT2D eigenvalue weighted by atomic mass is 10.1. The Labute approximate surface area is 196 Å². The van der Waals surface area contributed by atoms with E-state index in [1.807, 2.05) is 12.1 Å². The second-order valence-corrected chi connectivity index (χ2v) is 8.71. The molecule has 2 aromatic heterocycles. The van der Waals surface area contributed by atoms with Crippen LogP contribution in [-0.2, 0) is 11.3 Å². The van der Waals surface area contributed by atoms with Gasteiger partial charge in [0.2, 0.25) is 5.91 Å². The molecule has 0 bridgehead atoms. The number of nitrogens with zero attached hydrogens (tertiary/aromatic N) is 3.